The van der Waals surface area contributed by atoms with Gasteiger partial charge in [0.25, 0.3) is 0 Å². The Morgan fingerprint density at radius 3 is 2.60 bits per heavy atom. The monoisotopic (exact) mass is 222 g/mol. The molecule has 5 heteroatoms. The van der Waals surface area contributed by atoms with Crippen LogP contribution < -0.4 is 0 Å². The average Bonchev–Trinajstić information content (AvgIpc) is 2.89. The standard InChI is InChI=1S/C10H11ClN4/c1-5-12-9(11)8-10(13-5)14-6(2)15(8)7-3-4-7/h7H,3-4H2,1-2H3. The first kappa shape index (κ1) is 9.09. The van der Waals surface area contributed by atoms with Gasteiger partial charge in [-0.1, -0.05) is 11.6 Å². The molecule has 0 atom stereocenters. The van der Waals surface area contributed by atoms with Gasteiger partial charge < -0.3 is 4.57 Å². The van der Waals surface area contributed by atoms with Crippen LogP contribution in [0.4, 0.5) is 0 Å². The second kappa shape index (κ2) is 2.92. The molecule has 0 aliphatic heterocycles. The van der Waals surface area contributed by atoms with Gasteiger partial charge in [-0.25, -0.2) is 15.0 Å². The number of aryl methyl sites for hydroxylation is 2. The van der Waals surface area contributed by atoms with Gasteiger partial charge in [-0.2, -0.15) is 0 Å². The maximum absolute atomic E-state index is 6.14. The molecule has 1 fully saturated rings. The lowest BCUT2D eigenvalue weighted by Crippen LogP contribution is -1.98. The van der Waals surface area contributed by atoms with Crippen LogP contribution in [0.2, 0.25) is 5.15 Å². The lowest BCUT2D eigenvalue weighted by Gasteiger charge is -2.04. The minimum absolute atomic E-state index is 0.519. The predicted molar refractivity (Wildman–Crippen MR) is 58.1 cm³/mol. The van der Waals surface area contributed by atoms with Gasteiger partial charge >= 0.3 is 0 Å². The minimum Gasteiger partial charge on any atom is -0.321 e. The molecule has 0 aromatic carbocycles. The molecule has 0 bridgehead atoms. The Bertz CT molecular complexity index is 542. The van der Waals surface area contributed by atoms with Crippen LogP contribution in [0, 0.1) is 13.8 Å². The quantitative estimate of drug-likeness (QED) is 0.696. The lowest BCUT2D eigenvalue weighted by atomic mass is 10.5. The molecule has 0 unspecified atom stereocenters. The summed E-state index contributed by atoms with van der Waals surface area (Å²) in [4.78, 5) is 12.9. The van der Waals surface area contributed by atoms with Crippen LogP contribution in [0.15, 0.2) is 0 Å². The first-order valence-corrected chi connectivity index (χ1v) is 5.43. The van der Waals surface area contributed by atoms with E-state index in [-0.39, 0.29) is 0 Å². The van der Waals surface area contributed by atoms with Crippen molar-refractivity contribution in [2.75, 3.05) is 0 Å². The van der Waals surface area contributed by atoms with Crippen LogP contribution in [-0.4, -0.2) is 19.5 Å². The molecule has 0 spiro atoms. The molecule has 2 aromatic rings. The zero-order valence-corrected chi connectivity index (χ0v) is 9.41. The fourth-order valence-corrected chi connectivity index (χ4v) is 2.25. The van der Waals surface area contributed by atoms with Crippen LogP contribution >= 0.6 is 11.6 Å². The number of nitrogens with zero attached hydrogens (tertiary/aromatic N) is 4. The van der Waals surface area contributed by atoms with Crippen molar-refractivity contribution >= 4 is 22.8 Å². The Kier molecular flexibility index (Phi) is 1.77. The minimum atomic E-state index is 0.519. The lowest BCUT2D eigenvalue weighted by molar-refractivity contribution is 0.733. The first-order valence-electron chi connectivity index (χ1n) is 5.05. The summed E-state index contributed by atoms with van der Waals surface area (Å²) in [6.07, 6.45) is 2.41. The number of aromatic nitrogens is 4. The van der Waals surface area contributed by atoms with Gasteiger partial charge in [0.15, 0.2) is 10.8 Å². The summed E-state index contributed by atoms with van der Waals surface area (Å²) in [6.45, 7) is 3.82. The van der Waals surface area contributed by atoms with Crippen LogP contribution in [0.3, 0.4) is 0 Å². The fraction of sp³-hybridized carbons (Fsp3) is 0.500. The highest BCUT2D eigenvalue weighted by atomic mass is 35.5. The van der Waals surface area contributed by atoms with E-state index < -0.39 is 0 Å². The molecular weight excluding hydrogens is 212 g/mol. The predicted octanol–water partition coefficient (Wildman–Crippen LogP) is 2.43. The number of hydrogen-bond acceptors (Lipinski definition) is 3. The second-order valence-electron chi connectivity index (χ2n) is 3.99. The topological polar surface area (TPSA) is 43.6 Å². The van der Waals surface area contributed by atoms with Gasteiger partial charge in [-0.3, -0.25) is 0 Å². The number of imidazole rings is 1. The zero-order valence-electron chi connectivity index (χ0n) is 8.66. The van der Waals surface area contributed by atoms with Crippen molar-refractivity contribution in [1.82, 2.24) is 19.5 Å². The van der Waals surface area contributed by atoms with E-state index in [4.69, 9.17) is 11.6 Å². The maximum Gasteiger partial charge on any atom is 0.182 e. The number of hydrogen-bond donors (Lipinski definition) is 0. The number of halogens is 1. The van der Waals surface area contributed by atoms with E-state index in [0.717, 1.165) is 17.0 Å². The van der Waals surface area contributed by atoms with Crippen molar-refractivity contribution in [3.8, 4) is 0 Å². The normalized spacial score (nSPS) is 16.2. The van der Waals surface area contributed by atoms with E-state index >= 15 is 0 Å². The van der Waals surface area contributed by atoms with Gasteiger partial charge in [0.1, 0.15) is 17.2 Å². The van der Waals surface area contributed by atoms with E-state index in [2.05, 4.69) is 19.5 Å². The van der Waals surface area contributed by atoms with Gasteiger partial charge in [-0.15, -0.1) is 0 Å². The molecule has 0 N–H and O–H groups in total. The fourth-order valence-electron chi connectivity index (χ4n) is 1.95. The van der Waals surface area contributed by atoms with Crippen LogP contribution in [0.5, 0.6) is 0 Å². The van der Waals surface area contributed by atoms with Crippen molar-refractivity contribution < 1.29 is 0 Å². The number of fused-ring (bicyclic) bond motifs is 1. The summed E-state index contributed by atoms with van der Waals surface area (Å²) in [5.74, 6) is 1.65. The third-order valence-corrected chi connectivity index (χ3v) is 2.97. The first-order chi connectivity index (χ1) is 7.16. The molecule has 3 rings (SSSR count). The molecule has 0 radical (unpaired) electrons. The Balaban J connectivity index is 2.38. The van der Waals surface area contributed by atoms with Gasteiger partial charge in [0.2, 0.25) is 0 Å². The van der Waals surface area contributed by atoms with E-state index in [1.54, 1.807) is 0 Å². The van der Waals surface area contributed by atoms with E-state index in [1.165, 1.54) is 12.8 Å². The molecule has 0 amide bonds. The maximum atomic E-state index is 6.14. The molecule has 4 nitrogen and oxygen atoms in total. The Morgan fingerprint density at radius 1 is 1.20 bits per heavy atom. The highest BCUT2D eigenvalue weighted by Crippen LogP contribution is 2.39. The molecule has 2 heterocycles. The SMILES string of the molecule is Cc1nc(Cl)c2c(n1)nc(C)n2C1CC1. The number of rotatable bonds is 1. The van der Waals surface area contributed by atoms with Crippen LogP contribution in [-0.2, 0) is 0 Å². The van der Waals surface area contributed by atoms with E-state index in [9.17, 15) is 0 Å². The summed E-state index contributed by atoms with van der Waals surface area (Å²) < 4.78 is 2.16. The highest BCUT2D eigenvalue weighted by molar-refractivity contribution is 6.33. The molecule has 0 saturated heterocycles. The van der Waals surface area contributed by atoms with Crippen molar-refractivity contribution in [3.05, 3.63) is 16.8 Å². The van der Waals surface area contributed by atoms with Crippen molar-refractivity contribution in [3.63, 3.8) is 0 Å². The van der Waals surface area contributed by atoms with Crippen molar-refractivity contribution in [1.29, 1.82) is 0 Å². The molecule has 1 aliphatic carbocycles. The third kappa shape index (κ3) is 1.32. The molecule has 15 heavy (non-hydrogen) atoms. The summed E-state index contributed by atoms with van der Waals surface area (Å²) >= 11 is 6.14. The Hall–Kier alpha value is -1.16. The smallest absolute Gasteiger partial charge is 0.182 e. The van der Waals surface area contributed by atoms with E-state index in [0.29, 0.717) is 17.0 Å². The molecule has 1 aliphatic rings. The summed E-state index contributed by atoms with van der Waals surface area (Å²) in [6, 6.07) is 0.554. The summed E-state index contributed by atoms with van der Waals surface area (Å²) in [5, 5.41) is 0.519. The largest absolute Gasteiger partial charge is 0.321 e. The molecule has 2 aromatic heterocycles. The zero-order chi connectivity index (χ0) is 10.6. The van der Waals surface area contributed by atoms with Gasteiger partial charge in [0.05, 0.1) is 0 Å². The van der Waals surface area contributed by atoms with Crippen LogP contribution in [0.25, 0.3) is 11.2 Å². The summed E-state index contributed by atoms with van der Waals surface area (Å²) in [7, 11) is 0. The molecule has 1 saturated carbocycles. The van der Waals surface area contributed by atoms with Crippen molar-refractivity contribution in [2.45, 2.75) is 32.7 Å². The van der Waals surface area contributed by atoms with Gasteiger partial charge in [-0.05, 0) is 26.7 Å². The third-order valence-electron chi connectivity index (χ3n) is 2.70. The Morgan fingerprint density at radius 2 is 1.93 bits per heavy atom. The molecular formula is C10H11ClN4. The van der Waals surface area contributed by atoms with Gasteiger partial charge in [0, 0.05) is 6.04 Å². The average molecular weight is 223 g/mol. The van der Waals surface area contributed by atoms with Crippen molar-refractivity contribution in [2.24, 2.45) is 0 Å². The summed E-state index contributed by atoms with van der Waals surface area (Å²) in [5.41, 5.74) is 1.61. The molecule has 78 valence electrons. The van der Waals surface area contributed by atoms with E-state index in [1.807, 2.05) is 13.8 Å². The Labute approximate surface area is 92.3 Å². The second-order valence-corrected chi connectivity index (χ2v) is 4.35. The highest BCUT2D eigenvalue weighted by Gasteiger charge is 2.28. The van der Waals surface area contributed by atoms with Crippen LogP contribution in [0.1, 0.15) is 30.5 Å².